The quantitative estimate of drug-likeness (QED) is 0.287. The Balaban J connectivity index is 1.71. The standard InChI is InChI=1S/C30H39N5O5S/c1-5-7-12-27-31-16-9-8-13-28(36)35(27)19-23-14-15-25(24(18-23)20-39-6-2)29-26(11-10-17-32-29)41(37,38)34-30-21(3)22(4)40-33-30/h10-11,14-15,17-18H,5-9,12-13,16,19-20H2,1-4H3,(H,33,34)/b31-27-. The summed E-state index contributed by atoms with van der Waals surface area (Å²) in [7, 11) is -4.05. The number of pyridine rings is 1. The molecule has 1 N–H and O–H groups in total. The number of sulfonamides is 1. The Morgan fingerprint density at radius 3 is 2.71 bits per heavy atom. The van der Waals surface area contributed by atoms with Crippen molar-refractivity contribution in [3.63, 3.8) is 0 Å². The summed E-state index contributed by atoms with van der Waals surface area (Å²) in [5.74, 6) is 1.60. The smallest absolute Gasteiger partial charge is 0.265 e. The average molecular weight is 582 g/mol. The van der Waals surface area contributed by atoms with Crippen LogP contribution in [-0.4, -0.2) is 48.4 Å². The first-order valence-corrected chi connectivity index (χ1v) is 15.7. The first-order chi connectivity index (χ1) is 19.7. The summed E-state index contributed by atoms with van der Waals surface area (Å²) in [6.07, 6.45) is 6.56. The van der Waals surface area contributed by atoms with Gasteiger partial charge in [-0.3, -0.25) is 24.4 Å². The number of hydrogen-bond donors (Lipinski definition) is 1. The summed E-state index contributed by atoms with van der Waals surface area (Å²) in [4.78, 5) is 24.2. The number of carbonyl (C=O) groups is 1. The summed E-state index contributed by atoms with van der Waals surface area (Å²) >= 11 is 0. The molecule has 1 aromatic carbocycles. The molecule has 1 amide bonds. The zero-order valence-electron chi connectivity index (χ0n) is 24.3. The van der Waals surface area contributed by atoms with E-state index in [-0.39, 0.29) is 23.2 Å². The van der Waals surface area contributed by atoms with Crippen LogP contribution in [0, 0.1) is 13.8 Å². The van der Waals surface area contributed by atoms with E-state index in [1.54, 1.807) is 26.1 Å². The molecule has 11 heteroatoms. The minimum Gasteiger partial charge on any atom is -0.377 e. The molecule has 0 spiro atoms. The third kappa shape index (κ3) is 7.39. The maximum atomic E-state index is 13.5. The monoisotopic (exact) mass is 581 g/mol. The molecule has 220 valence electrons. The van der Waals surface area contributed by atoms with Crippen LogP contribution in [0.2, 0.25) is 0 Å². The highest BCUT2D eigenvalue weighted by atomic mass is 32.2. The fourth-order valence-corrected chi connectivity index (χ4v) is 5.91. The summed E-state index contributed by atoms with van der Waals surface area (Å²) in [6.45, 7) is 9.36. The van der Waals surface area contributed by atoms with Crippen molar-refractivity contribution < 1.29 is 22.5 Å². The van der Waals surface area contributed by atoms with Crippen LogP contribution in [-0.2, 0) is 32.7 Å². The second-order valence-electron chi connectivity index (χ2n) is 10.1. The van der Waals surface area contributed by atoms with Gasteiger partial charge in [-0.25, -0.2) is 8.42 Å². The van der Waals surface area contributed by atoms with Gasteiger partial charge in [0, 0.05) is 43.3 Å². The highest BCUT2D eigenvalue weighted by Gasteiger charge is 2.26. The molecule has 2 aromatic heterocycles. The number of ether oxygens (including phenoxy) is 1. The Morgan fingerprint density at radius 1 is 1.15 bits per heavy atom. The first kappa shape index (κ1) is 30.4. The van der Waals surface area contributed by atoms with Crippen molar-refractivity contribution in [3.05, 3.63) is 59.0 Å². The number of amidine groups is 1. The van der Waals surface area contributed by atoms with E-state index in [9.17, 15) is 13.2 Å². The maximum absolute atomic E-state index is 13.5. The van der Waals surface area contributed by atoms with E-state index in [0.29, 0.717) is 42.2 Å². The molecule has 0 bridgehead atoms. The number of hydrogen-bond acceptors (Lipinski definition) is 8. The largest absolute Gasteiger partial charge is 0.377 e. The molecule has 10 nitrogen and oxygen atoms in total. The number of rotatable bonds is 12. The number of nitrogens with one attached hydrogen (secondary N) is 1. The van der Waals surface area contributed by atoms with Gasteiger partial charge in [0.2, 0.25) is 5.91 Å². The molecule has 0 saturated heterocycles. The lowest BCUT2D eigenvalue weighted by molar-refractivity contribution is -0.128. The van der Waals surface area contributed by atoms with E-state index >= 15 is 0 Å². The molecular weight excluding hydrogens is 542 g/mol. The normalized spacial score (nSPS) is 15.8. The van der Waals surface area contributed by atoms with Gasteiger partial charge in [-0.05, 0) is 63.3 Å². The Hall–Kier alpha value is -3.57. The topological polar surface area (TPSA) is 127 Å². The van der Waals surface area contributed by atoms with E-state index in [4.69, 9.17) is 14.3 Å². The van der Waals surface area contributed by atoms with Crippen LogP contribution >= 0.6 is 0 Å². The summed E-state index contributed by atoms with van der Waals surface area (Å²) in [5, 5.41) is 3.85. The van der Waals surface area contributed by atoms with Crippen LogP contribution in [0.4, 0.5) is 5.82 Å². The molecule has 41 heavy (non-hydrogen) atoms. The van der Waals surface area contributed by atoms with Gasteiger partial charge in [0.1, 0.15) is 16.5 Å². The Morgan fingerprint density at radius 2 is 1.98 bits per heavy atom. The number of unbranched alkanes of at least 4 members (excludes halogenated alkanes) is 1. The van der Waals surface area contributed by atoms with Crippen molar-refractivity contribution >= 4 is 27.6 Å². The van der Waals surface area contributed by atoms with Crippen molar-refractivity contribution in [3.8, 4) is 11.3 Å². The van der Waals surface area contributed by atoms with Crippen LogP contribution in [0.3, 0.4) is 0 Å². The number of aliphatic imine (C=N–C) groups is 1. The predicted octanol–water partition coefficient (Wildman–Crippen LogP) is 5.79. The van der Waals surface area contributed by atoms with Gasteiger partial charge in [-0.2, -0.15) is 0 Å². The lowest BCUT2D eigenvalue weighted by Gasteiger charge is -2.27. The molecule has 3 aromatic rings. The van der Waals surface area contributed by atoms with Gasteiger partial charge >= 0.3 is 0 Å². The van der Waals surface area contributed by atoms with Crippen molar-refractivity contribution in [2.75, 3.05) is 17.9 Å². The second-order valence-corrected chi connectivity index (χ2v) is 11.8. The highest BCUT2D eigenvalue weighted by molar-refractivity contribution is 7.92. The zero-order chi connectivity index (χ0) is 29.4. The molecule has 0 atom stereocenters. The molecule has 3 heterocycles. The molecule has 1 aliphatic rings. The third-order valence-electron chi connectivity index (χ3n) is 7.14. The lowest BCUT2D eigenvalue weighted by atomic mass is 10.0. The van der Waals surface area contributed by atoms with Crippen LogP contribution in [0.5, 0.6) is 0 Å². The number of anilines is 1. The van der Waals surface area contributed by atoms with Crippen LogP contribution in [0.15, 0.2) is 50.9 Å². The minimum absolute atomic E-state index is 0.0125. The molecule has 4 rings (SSSR count). The minimum atomic E-state index is -4.05. The Kier molecular flexibility index (Phi) is 10.3. The number of nitrogens with zero attached hydrogens (tertiary/aromatic N) is 4. The summed E-state index contributed by atoms with van der Waals surface area (Å²) in [5.41, 5.74) is 3.23. The van der Waals surface area contributed by atoms with Crippen molar-refractivity contribution in [1.29, 1.82) is 0 Å². The number of carbonyl (C=O) groups excluding carboxylic acids is 1. The van der Waals surface area contributed by atoms with E-state index in [1.807, 2.05) is 30.0 Å². The van der Waals surface area contributed by atoms with Crippen LogP contribution < -0.4 is 4.72 Å². The van der Waals surface area contributed by atoms with Gasteiger partial charge in [0.05, 0.1) is 18.8 Å². The van der Waals surface area contributed by atoms with Crippen LogP contribution in [0.25, 0.3) is 11.3 Å². The molecule has 0 fully saturated rings. The fraction of sp³-hybridized carbons (Fsp3) is 0.467. The van der Waals surface area contributed by atoms with Crippen molar-refractivity contribution in [2.24, 2.45) is 4.99 Å². The molecule has 1 aliphatic heterocycles. The van der Waals surface area contributed by atoms with E-state index in [2.05, 4.69) is 21.8 Å². The fourth-order valence-electron chi connectivity index (χ4n) is 4.68. The molecule has 0 aliphatic carbocycles. The Labute approximate surface area is 242 Å². The number of benzene rings is 1. The highest BCUT2D eigenvalue weighted by Crippen LogP contribution is 2.32. The lowest BCUT2D eigenvalue weighted by Crippen LogP contribution is -2.37. The van der Waals surface area contributed by atoms with Gasteiger partial charge in [0.15, 0.2) is 5.82 Å². The van der Waals surface area contributed by atoms with Gasteiger partial charge in [0.25, 0.3) is 10.0 Å². The maximum Gasteiger partial charge on any atom is 0.265 e. The third-order valence-corrected chi connectivity index (χ3v) is 8.51. The molecule has 0 saturated carbocycles. The van der Waals surface area contributed by atoms with Crippen molar-refractivity contribution in [2.45, 2.75) is 84.3 Å². The average Bonchev–Trinajstić information content (AvgIpc) is 3.27. The van der Waals surface area contributed by atoms with Gasteiger partial charge in [-0.1, -0.05) is 36.7 Å². The number of amides is 1. The van der Waals surface area contributed by atoms with Gasteiger partial charge in [-0.15, -0.1) is 0 Å². The molecular formula is C30H39N5O5S. The van der Waals surface area contributed by atoms with E-state index in [1.165, 1.54) is 6.07 Å². The molecule has 0 unspecified atom stereocenters. The second kappa shape index (κ2) is 13.9. The molecule has 0 radical (unpaired) electrons. The van der Waals surface area contributed by atoms with E-state index < -0.39 is 10.0 Å². The van der Waals surface area contributed by atoms with Crippen LogP contribution in [0.1, 0.15) is 74.8 Å². The predicted molar refractivity (Wildman–Crippen MR) is 158 cm³/mol. The number of aryl methyl sites for hydroxylation is 1. The van der Waals surface area contributed by atoms with Crippen molar-refractivity contribution in [1.82, 2.24) is 15.0 Å². The first-order valence-electron chi connectivity index (χ1n) is 14.2. The van der Waals surface area contributed by atoms with Gasteiger partial charge < -0.3 is 9.26 Å². The Bertz CT molecular complexity index is 1500. The SMILES string of the molecule is CCCC/C1=N/CCCCC(=O)N1Cc1ccc(-c2ncccc2S(=O)(=O)Nc2noc(C)c2C)c(COCC)c1. The van der Waals surface area contributed by atoms with E-state index in [0.717, 1.165) is 55.6 Å². The summed E-state index contributed by atoms with van der Waals surface area (Å²) in [6, 6.07) is 8.84. The summed E-state index contributed by atoms with van der Waals surface area (Å²) < 4.78 is 40.5. The number of aromatic nitrogens is 2. The zero-order valence-corrected chi connectivity index (χ0v) is 25.1.